The third-order valence-corrected chi connectivity index (χ3v) is 3.77. The molecule has 2 atom stereocenters. The summed E-state index contributed by atoms with van der Waals surface area (Å²) in [5.41, 5.74) is 1.05. The summed E-state index contributed by atoms with van der Waals surface area (Å²) in [7, 11) is 0. The smallest absolute Gasteiger partial charge is 0.162 e. The van der Waals surface area contributed by atoms with Crippen molar-refractivity contribution in [3.8, 4) is 0 Å². The van der Waals surface area contributed by atoms with Gasteiger partial charge in [0.1, 0.15) is 5.76 Å². The maximum Gasteiger partial charge on any atom is 0.162 e. The fourth-order valence-corrected chi connectivity index (χ4v) is 2.96. The van der Waals surface area contributed by atoms with Crippen LogP contribution in [0.1, 0.15) is 58.8 Å². The zero-order valence-corrected chi connectivity index (χ0v) is 10.4. The van der Waals surface area contributed by atoms with E-state index in [0.717, 1.165) is 56.3 Å². The van der Waals surface area contributed by atoms with E-state index in [2.05, 4.69) is 13.8 Å². The number of carbonyl (C=O) groups excluding carboxylic acids is 1. The molecule has 2 nitrogen and oxygen atoms in total. The summed E-state index contributed by atoms with van der Waals surface area (Å²) in [6.45, 7) is 4.37. The van der Waals surface area contributed by atoms with Gasteiger partial charge in [0.2, 0.25) is 0 Å². The standard InChI is InChI=1S/C14H22O2/c1-3-6-10-9-11(4-2)16-13-8-5-7-12(15)14(10)13/h10-11H,3-9H2,1-2H3. The van der Waals surface area contributed by atoms with Crippen molar-refractivity contribution < 1.29 is 9.53 Å². The molecule has 2 rings (SSSR count). The van der Waals surface area contributed by atoms with Gasteiger partial charge in [0, 0.05) is 18.4 Å². The Labute approximate surface area is 98.1 Å². The molecule has 0 aromatic heterocycles. The fraction of sp³-hybridized carbons (Fsp3) is 0.786. The molecule has 2 unspecified atom stereocenters. The highest BCUT2D eigenvalue weighted by Gasteiger charge is 2.34. The molecule has 0 fully saturated rings. The van der Waals surface area contributed by atoms with Crippen LogP contribution in [0.2, 0.25) is 0 Å². The average molecular weight is 222 g/mol. The highest BCUT2D eigenvalue weighted by molar-refractivity contribution is 5.97. The monoisotopic (exact) mass is 222 g/mol. The third kappa shape index (κ3) is 2.16. The van der Waals surface area contributed by atoms with Gasteiger partial charge in [0.25, 0.3) is 0 Å². The molecule has 0 saturated heterocycles. The molecule has 0 N–H and O–H groups in total. The Hall–Kier alpha value is -0.790. The van der Waals surface area contributed by atoms with Gasteiger partial charge in [-0.05, 0) is 31.6 Å². The summed E-state index contributed by atoms with van der Waals surface area (Å²) < 4.78 is 5.95. The molecule has 16 heavy (non-hydrogen) atoms. The van der Waals surface area contributed by atoms with Crippen LogP contribution in [0.4, 0.5) is 0 Å². The first kappa shape index (κ1) is 11.7. The van der Waals surface area contributed by atoms with Crippen molar-refractivity contribution in [1.29, 1.82) is 0 Å². The maximum absolute atomic E-state index is 12.0. The van der Waals surface area contributed by atoms with Crippen molar-refractivity contribution in [3.63, 3.8) is 0 Å². The number of rotatable bonds is 3. The second-order valence-electron chi connectivity index (χ2n) is 4.98. The maximum atomic E-state index is 12.0. The van der Waals surface area contributed by atoms with E-state index in [9.17, 15) is 4.79 Å². The molecular weight excluding hydrogens is 200 g/mol. The first-order valence-electron chi connectivity index (χ1n) is 6.69. The van der Waals surface area contributed by atoms with Crippen molar-refractivity contribution in [3.05, 3.63) is 11.3 Å². The van der Waals surface area contributed by atoms with Gasteiger partial charge in [-0.2, -0.15) is 0 Å². The van der Waals surface area contributed by atoms with Crippen molar-refractivity contribution in [1.82, 2.24) is 0 Å². The fourth-order valence-electron chi connectivity index (χ4n) is 2.96. The molecule has 0 bridgehead atoms. The number of ether oxygens (including phenoxy) is 1. The minimum atomic E-state index is 0.348. The molecule has 1 aliphatic carbocycles. The molecule has 0 aromatic rings. The van der Waals surface area contributed by atoms with Crippen molar-refractivity contribution in [2.75, 3.05) is 0 Å². The average Bonchev–Trinajstić information content (AvgIpc) is 2.29. The summed E-state index contributed by atoms with van der Waals surface area (Å²) in [4.78, 5) is 12.0. The summed E-state index contributed by atoms with van der Waals surface area (Å²) in [6, 6.07) is 0. The predicted molar refractivity (Wildman–Crippen MR) is 64.1 cm³/mol. The van der Waals surface area contributed by atoms with Gasteiger partial charge in [-0.3, -0.25) is 4.79 Å². The molecular formula is C14H22O2. The number of carbonyl (C=O) groups is 1. The van der Waals surface area contributed by atoms with Crippen LogP contribution in [0.15, 0.2) is 11.3 Å². The van der Waals surface area contributed by atoms with E-state index < -0.39 is 0 Å². The highest BCUT2D eigenvalue weighted by Crippen LogP contribution is 2.39. The van der Waals surface area contributed by atoms with Crippen LogP contribution in [0.3, 0.4) is 0 Å². The Morgan fingerprint density at radius 3 is 2.81 bits per heavy atom. The lowest BCUT2D eigenvalue weighted by molar-refractivity contribution is -0.118. The van der Waals surface area contributed by atoms with E-state index >= 15 is 0 Å². The summed E-state index contributed by atoms with van der Waals surface area (Å²) >= 11 is 0. The first-order valence-corrected chi connectivity index (χ1v) is 6.69. The van der Waals surface area contributed by atoms with Gasteiger partial charge in [-0.1, -0.05) is 20.3 Å². The van der Waals surface area contributed by atoms with Crippen LogP contribution in [0.25, 0.3) is 0 Å². The molecule has 0 radical (unpaired) electrons. The van der Waals surface area contributed by atoms with Crippen molar-refractivity contribution in [2.45, 2.75) is 64.9 Å². The molecule has 0 saturated carbocycles. The normalized spacial score (nSPS) is 30.0. The second kappa shape index (κ2) is 5.03. The number of hydrogen-bond acceptors (Lipinski definition) is 2. The molecule has 90 valence electrons. The van der Waals surface area contributed by atoms with Crippen LogP contribution in [-0.4, -0.2) is 11.9 Å². The molecule has 2 aliphatic rings. The number of ketones is 1. The van der Waals surface area contributed by atoms with Crippen LogP contribution in [0, 0.1) is 5.92 Å². The van der Waals surface area contributed by atoms with Gasteiger partial charge in [-0.15, -0.1) is 0 Å². The SMILES string of the molecule is CCCC1CC(CC)OC2=C1C(=O)CCC2. The Bertz CT molecular complexity index is 304. The number of hydrogen-bond donors (Lipinski definition) is 0. The minimum absolute atomic E-state index is 0.348. The number of Topliss-reactive ketones (excluding diaryl/α,β-unsaturated/α-hetero) is 1. The lowest BCUT2D eigenvalue weighted by Crippen LogP contribution is -2.31. The summed E-state index contributed by atoms with van der Waals surface area (Å²) in [6.07, 6.45) is 7.46. The largest absolute Gasteiger partial charge is 0.494 e. The predicted octanol–water partition coefficient (Wildman–Crippen LogP) is 3.61. The Balaban J connectivity index is 2.24. The highest BCUT2D eigenvalue weighted by atomic mass is 16.5. The van der Waals surface area contributed by atoms with E-state index in [1.807, 2.05) is 0 Å². The van der Waals surface area contributed by atoms with Gasteiger partial charge in [0.05, 0.1) is 6.10 Å². The second-order valence-corrected chi connectivity index (χ2v) is 4.98. The lowest BCUT2D eigenvalue weighted by Gasteiger charge is -2.35. The van der Waals surface area contributed by atoms with Gasteiger partial charge in [0.15, 0.2) is 5.78 Å². The van der Waals surface area contributed by atoms with E-state index in [1.54, 1.807) is 0 Å². The minimum Gasteiger partial charge on any atom is -0.494 e. The van der Waals surface area contributed by atoms with Crippen LogP contribution >= 0.6 is 0 Å². The quantitative estimate of drug-likeness (QED) is 0.729. The molecule has 1 aliphatic heterocycles. The zero-order valence-electron chi connectivity index (χ0n) is 10.4. The zero-order chi connectivity index (χ0) is 11.5. The van der Waals surface area contributed by atoms with Crippen LogP contribution < -0.4 is 0 Å². The molecule has 0 amide bonds. The third-order valence-electron chi connectivity index (χ3n) is 3.77. The van der Waals surface area contributed by atoms with Gasteiger partial charge >= 0.3 is 0 Å². The topological polar surface area (TPSA) is 26.3 Å². The van der Waals surface area contributed by atoms with E-state index in [4.69, 9.17) is 4.74 Å². The lowest BCUT2D eigenvalue weighted by atomic mass is 9.79. The molecule has 0 aromatic carbocycles. The number of allylic oxidation sites excluding steroid dienone is 2. The molecule has 0 spiro atoms. The Kier molecular flexibility index (Phi) is 3.67. The van der Waals surface area contributed by atoms with Crippen LogP contribution in [0.5, 0.6) is 0 Å². The van der Waals surface area contributed by atoms with E-state index in [0.29, 0.717) is 17.8 Å². The Morgan fingerprint density at radius 1 is 1.31 bits per heavy atom. The summed E-state index contributed by atoms with van der Waals surface area (Å²) in [5.74, 6) is 1.87. The Morgan fingerprint density at radius 2 is 2.12 bits per heavy atom. The van der Waals surface area contributed by atoms with Gasteiger partial charge in [-0.25, -0.2) is 0 Å². The van der Waals surface area contributed by atoms with Crippen molar-refractivity contribution >= 4 is 5.78 Å². The van der Waals surface area contributed by atoms with Crippen molar-refractivity contribution in [2.24, 2.45) is 5.92 Å². The van der Waals surface area contributed by atoms with Gasteiger partial charge < -0.3 is 4.74 Å². The first-order chi connectivity index (χ1) is 7.76. The molecule has 1 heterocycles. The van der Waals surface area contributed by atoms with E-state index in [1.165, 1.54) is 0 Å². The molecule has 2 heteroatoms. The van der Waals surface area contributed by atoms with Crippen LogP contribution in [-0.2, 0) is 9.53 Å². The summed E-state index contributed by atoms with van der Waals surface area (Å²) in [5, 5.41) is 0. The van der Waals surface area contributed by atoms with E-state index in [-0.39, 0.29) is 0 Å².